The Morgan fingerprint density at radius 3 is 2.82 bits per heavy atom. The number of ether oxygens (including phenoxy) is 1. The number of carbonyl (C=O) groups is 1. The highest BCUT2D eigenvalue weighted by Gasteiger charge is 2.07. The summed E-state index contributed by atoms with van der Waals surface area (Å²) in [6, 6.07) is 12.3. The van der Waals surface area contributed by atoms with Crippen LogP contribution in [0.25, 0.3) is 0 Å². The van der Waals surface area contributed by atoms with Gasteiger partial charge in [-0.15, -0.1) is 0 Å². The van der Waals surface area contributed by atoms with E-state index >= 15 is 0 Å². The van der Waals surface area contributed by atoms with Gasteiger partial charge in [-0.1, -0.05) is 18.2 Å². The number of nitrogens with one attached hydrogen (secondary N) is 1. The number of para-hydroxylation sites is 2. The normalized spacial score (nSPS) is 10.2. The van der Waals surface area contributed by atoms with Crippen LogP contribution in [0.15, 0.2) is 42.5 Å². The molecule has 22 heavy (non-hydrogen) atoms. The van der Waals surface area contributed by atoms with Gasteiger partial charge in [0.25, 0.3) is 0 Å². The first-order valence-electron chi connectivity index (χ1n) is 7.13. The Morgan fingerprint density at radius 2 is 2.05 bits per heavy atom. The molecule has 5 heteroatoms. The molecule has 0 radical (unpaired) electrons. The van der Waals surface area contributed by atoms with Crippen LogP contribution in [0.3, 0.4) is 0 Å². The molecule has 5 nitrogen and oxygen atoms in total. The lowest BCUT2D eigenvalue weighted by atomic mass is 10.2. The summed E-state index contributed by atoms with van der Waals surface area (Å²) in [5.41, 5.74) is 7.74. The second kappa shape index (κ2) is 7.36. The molecule has 0 unspecified atom stereocenters. The number of hydrogen-bond acceptors (Lipinski definition) is 4. The number of nitrogen functional groups attached to an aromatic ring is 1. The van der Waals surface area contributed by atoms with Crippen LogP contribution in [0, 0.1) is 6.92 Å². The van der Waals surface area contributed by atoms with Crippen LogP contribution < -0.4 is 15.8 Å². The number of amides is 1. The molecule has 0 spiro atoms. The summed E-state index contributed by atoms with van der Waals surface area (Å²) in [5.74, 6) is 0.525. The smallest absolute Gasteiger partial charge is 0.224 e. The van der Waals surface area contributed by atoms with Crippen molar-refractivity contribution in [2.24, 2.45) is 0 Å². The van der Waals surface area contributed by atoms with E-state index < -0.39 is 0 Å². The number of carbonyl (C=O) groups excluding carboxylic acids is 1. The van der Waals surface area contributed by atoms with Gasteiger partial charge in [-0.05, 0) is 43.2 Å². The molecule has 2 aromatic carbocycles. The predicted octanol–water partition coefficient (Wildman–Crippen LogP) is 3.08. The lowest BCUT2D eigenvalue weighted by Crippen LogP contribution is -2.13. The standard InChI is InChI=1S/C17H20N2O3/c1-12-8-9-15(20)14(11-12)19-17(21)7-4-10-22-16-6-3-2-5-13(16)18/h2-3,5-6,8-9,11,20H,4,7,10,18H2,1H3,(H,19,21). The van der Waals surface area contributed by atoms with Gasteiger partial charge in [-0.25, -0.2) is 0 Å². The minimum absolute atomic E-state index is 0.0623. The van der Waals surface area contributed by atoms with Crippen molar-refractivity contribution < 1.29 is 14.6 Å². The number of phenolic OH excluding ortho intramolecular Hbond substituents is 1. The molecule has 4 N–H and O–H groups in total. The van der Waals surface area contributed by atoms with Gasteiger partial charge in [0.15, 0.2) is 0 Å². The first-order valence-corrected chi connectivity index (χ1v) is 7.13. The van der Waals surface area contributed by atoms with Gasteiger partial charge in [-0.3, -0.25) is 4.79 Å². The third-order valence-corrected chi connectivity index (χ3v) is 3.15. The third-order valence-electron chi connectivity index (χ3n) is 3.15. The van der Waals surface area contributed by atoms with E-state index in [0.29, 0.717) is 36.6 Å². The van der Waals surface area contributed by atoms with Crippen molar-refractivity contribution >= 4 is 17.3 Å². The van der Waals surface area contributed by atoms with Crippen molar-refractivity contribution in [2.75, 3.05) is 17.7 Å². The zero-order valence-electron chi connectivity index (χ0n) is 12.5. The summed E-state index contributed by atoms with van der Waals surface area (Å²) in [4.78, 5) is 11.9. The van der Waals surface area contributed by atoms with E-state index in [4.69, 9.17) is 10.5 Å². The molecule has 0 saturated carbocycles. The quantitative estimate of drug-likeness (QED) is 0.435. The molecular formula is C17H20N2O3. The molecule has 0 aromatic heterocycles. The molecule has 2 rings (SSSR count). The molecule has 2 aromatic rings. The van der Waals surface area contributed by atoms with Gasteiger partial charge in [0.1, 0.15) is 11.5 Å². The fourth-order valence-corrected chi connectivity index (χ4v) is 1.99. The molecule has 0 aliphatic rings. The summed E-state index contributed by atoms with van der Waals surface area (Å²) >= 11 is 0. The lowest BCUT2D eigenvalue weighted by Gasteiger charge is -2.10. The van der Waals surface area contributed by atoms with E-state index in [1.54, 1.807) is 30.3 Å². The lowest BCUT2D eigenvalue weighted by molar-refractivity contribution is -0.116. The van der Waals surface area contributed by atoms with Crippen LogP contribution in [-0.4, -0.2) is 17.6 Å². The monoisotopic (exact) mass is 300 g/mol. The number of anilines is 2. The van der Waals surface area contributed by atoms with Crippen molar-refractivity contribution in [3.8, 4) is 11.5 Å². The van der Waals surface area contributed by atoms with Crippen LogP contribution >= 0.6 is 0 Å². The van der Waals surface area contributed by atoms with E-state index in [0.717, 1.165) is 5.56 Å². The van der Waals surface area contributed by atoms with Crippen molar-refractivity contribution in [1.82, 2.24) is 0 Å². The minimum Gasteiger partial charge on any atom is -0.506 e. The van der Waals surface area contributed by atoms with E-state index in [1.807, 2.05) is 19.1 Å². The van der Waals surface area contributed by atoms with Gasteiger partial charge in [0.05, 0.1) is 18.0 Å². The Hall–Kier alpha value is -2.69. The Kier molecular flexibility index (Phi) is 5.25. The topological polar surface area (TPSA) is 84.6 Å². The molecule has 1 amide bonds. The highest BCUT2D eigenvalue weighted by atomic mass is 16.5. The maximum absolute atomic E-state index is 11.9. The minimum atomic E-state index is -0.162. The first kappa shape index (κ1) is 15.7. The van der Waals surface area contributed by atoms with Crippen molar-refractivity contribution in [1.29, 1.82) is 0 Å². The first-order chi connectivity index (χ1) is 10.6. The highest BCUT2D eigenvalue weighted by molar-refractivity contribution is 5.92. The number of rotatable bonds is 6. The zero-order chi connectivity index (χ0) is 15.9. The van der Waals surface area contributed by atoms with Crippen molar-refractivity contribution in [3.63, 3.8) is 0 Å². The Morgan fingerprint density at radius 1 is 1.27 bits per heavy atom. The van der Waals surface area contributed by atoms with E-state index in [2.05, 4.69) is 5.32 Å². The molecule has 0 aliphatic carbocycles. The second-order valence-corrected chi connectivity index (χ2v) is 5.06. The Bertz CT molecular complexity index is 656. The molecule has 0 aliphatic heterocycles. The predicted molar refractivity (Wildman–Crippen MR) is 87.1 cm³/mol. The van der Waals surface area contributed by atoms with Gasteiger partial charge < -0.3 is 20.9 Å². The maximum atomic E-state index is 11.9. The highest BCUT2D eigenvalue weighted by Crippen LogP contribution is 2.24. The number of phenols is 1. The van der Waals surface area contributed by atoms with Gasteiger partial charge in [0.2, 0.25) is 5.91 Å². The van der Waals surface area contributed by atoms with Crippen LogP contribution in [0.2, 0.25) is 0 Å². The number of aromatic hydroxyl groups is 1. The fourth-order valence-electron chi connectivity index (χ4n) is 1.99. The fraction of sp³-hybridized carbons (Fsp3) is 0.235. The SMILES string of the molecule is Cc1ccc(O)c(NC(=O)CCCOc2ccccc2N)c1. The van der Waals surface area contributed by atoms with Gasteiger partial charge in [0, 0.05) is 6.42 Å². The second-order valence-electron chi connectivity index (χ2n) is 5.06. The van der Waals surface area contributed by atoms with E-state index in [9.17, 15) is 9.90 Å². The van der Waals surface area contributed by atoms with E-state index in [1.165, 1.54) is 0 Å². The van der Waals surface area contributed by atoms with Crippen LogP contribution in [0.4, 0.5) is 11.4 Å². The number of hydrogen-bond donors (Lipinski definition) is 3. The number of aryl methyl sites for hydroxylation is 1. The summed E-state index contributed by atoms with van der Waals surface area (Å²) < 4.78 is 5.53. The van der Waals surface area contributed by atoms with Crippen LogP contribution in [0.1, 0.15) is 18.4 Å². The third kappa shape index (κ3) is 4.41. The van der Waals surface area contributed by atoms with E-state index in [-0.39, 0.29) is 11.7 Å². The van der Waals surface area contributed by atoms with Crippen molar-refractivity contribution in [3.05, 3.63) is 48.0 Å². The molecular weight excluding hydrogens is 280 g/mol. The zero-order valence-corrected chi connectivity index (χ0v) is 12.5. The maximum Gasteiger partial charge on any atom is 0.224 e. The van der Waals surface area contributed by atoms with Crippen molar-refractivity contribution in [2.45, 2.75) is 19.8 Å². The molecule has 0 fully saturated rings. The van der Waals surface area contributed by atoms with Gasteiger partial charge >= 0.3 is 0 Å². The summed E-state index contributed by atoms with van der Waals surface area (Å²) in [7, 11) is 0. The molecule has 0 heterocycles. The molecule has 0 atom stereocenters. The molecule has 0 saturated heterocycles. The molecule has 0 bridgehead atoms. The van der Waals surface area contributed by atoms with Crippen LogP contribution in [-0.2, 0) is 4.79 Å². The Balaban J connectivity index is 1.76. The number of nitrogens with two attached hydrogens (primary N) is 1. The summed E-state index contributed by atoms with van der Waals surface area (Å²) in [6.45, 7) is 2.30. The molecule has 116 valence electrons. The van der Waals surface area contributed by atoms with Gasteiger partial charge in [-0.2, -0.15) is 0 Å². The van der Waals surface area contributed by atoms with Crippen LogP contribution in [0.5, 0.6) is 11.5 Å². The Labute approximate surface area is 129 Å². The average molecular weight is 300 g/mol. The summed E-state index contributed by atoms with van der Waals surface area (Å²) in [6.07, 6.45) is 0.868. The number of benzene rings is 2. The largest absolute Gasteiger partial charge is 0.506 e. The summed E-state index contributed by atoms with van der Waals surface area (Å²) in [5, 5.41) is 12.4. The average Bonchev–Trinajstić information content (AvgIpc) is 2.49.